The van der Waals surface area contributed by atoms with Gasteiger partial charge in [-0.3, -0.25) is 4.40 Å². The molecule has 11 heteroatoms. The highest BCUT2D eigenvalue weighted by Crippen LogP contribution is 2.38. The number of alkyl halides is 3. The number of aryl methyl sites for hydroxylation is 1. The monoisotopic (exact) mass is 511 g/mol. The molecule has 0 spiro atoms. The van der Waals surface area contributed by atoms with Gasteiger partial charge < -0.3 is 9.47 Å². The minimum Gasteiger partial charge on any atom is -0.473 e. The number of ether oxygens (including phenoxy) is 2. The Balaban J connectivity index is 1.28. The second kappa shape index (κ2) is 9.46. The summed E-state index contributed by atoms with van der Waals surface area (Å²) in [5.74, 6) is 1.32. The van der Waals surface area contributed by atoms with Gasteiger partial charge in [0.15, 0.2) is 0 Å². The van der Waals surface area contributed by atoms with Crippen molar-refractivity contribution >= 4 is 17.4 Å². The van der Waals surface area contributed by atoms with Crippen molar-refractivity contribution in [2.24, 2.45) is 0 Å². The molecule has 0 atom stereocenters. The Bertz CT molecular complexity index is 1540. The van der Waals surface area contributed by atoms with E-state index in [-0.39, 0.29) is 17.4 Å². The molecule has 3 aromatic heterocycles. The summed E-state index contributed by atoms with van der Waals surface area (Å²) in [5.41, 5.74) is 2.23. The number of aromatic nitrogens is 5. The number of fused-ring (bicyclic) bond motifs is 1. The first-order valence-electron chi connectivity index (χ1n) is 10.6. The number of hydrogen-bond donors (Lipinski definition) is 0. The average Bonchev–Trinajstić information content (AvgIpc) is 3.28. The molecule has 0 amide bonds. The zero-order valence-corrected chi connectivity index (χ0v) is 19.5. The molecular weight excluding hydrogens is 495 g/mol. The van der Waals surface area contributed by atoms with Crippen LogP contribution in [0.15, 0.2) is 73.6 Å². The molecule has 182 valence electrons. The summed E-state index contributed by atoms with van der Waals surface area (Å²) < 4.78 is 52.7. The quantitative estimate of drug-likeness (QED) is 0.258. The average molecular weight is 512 g/mol. The third-order valence-electron chi connectivity index (χ3n) is 5.31. The Morgan fingerprint density at radius 1 is 1.00 bits per heavy atom. The molecule has 0 saturated heterocycles. The summed E-state index contributed by atoms with van der Waals surface area (Å²) in [6.45, 7) is 2.02. The third-order valence-corrected chi connectivity index (χ3v) is 5.64. The highest BCUT2D eigenvalue weighted by Gasteiger charge is 2.33. The summed E-state index contributed by atoms with van der Waals surface area (Å²) in [6.07, 6.45) is 3.76. The van der Waals surface area contributed by atoms with E-state index in [1.165, 1.54) is 12.4 Å². The molecule has 7 nitrogen and oxygen atoms in total. The van der Waals surface area contributed by atoms with E-state index in [0.717, 1.165) is 34.5 Å². The molecule has 0 N–H and O–H groups in total. The molecule has 0 unspecified atom stereocenters. The highest BCUT2D eigenvalue weighted by molar-refractivity contribution is 6.31. The molecule has 0 bridgehead atoms. The van der Waals surface area contributed by atoms with Crippen LogP contribution in [0, 0.1) is 6.92 Å². The number of halogens is 4. The Hall–Kier alpha value is -4.18. The standard InChI is InChI=1S/C25H17ClF3N5O2/c1-15-8-16(2-5-22(15)36-18-3-4-20(26)19(9-18)25(27,28)29)13-35-23-6-7-34-21(12-32-24(34)33-23)17-10-30-14-31-11-17/h2-12,14H,13H2,1H3. The molecule has 0 aliphatic rings. The molecule has 36 heavy (non-hydrogen) atoms. The molecule has 3 heterocycles. The van der Waals surface area contributed by atoms with Gasteiger partial charge in [0.2, 0.25) is 11.7 Å². The Labute approximate surface area is 208 Å². The Morgan fingerprint density at radius 3 is 2.56 bits per heavy atom. The second-order valence-corrected chi connectivity index (χ2v) is 8.24. The zero-order chi connectivity index (χ0) is 25.3. The van der Waals surface area contributed by atoms with Crippen LogP contribution in [0.3, 0.4) is 0 Å². The number of benzene rings is 2. The predicted molar refractivity (Wildman–Crippen MR) is 126 cm³/mol. The zero-order valence-electron chi connectivity index (χ0n) is 18.7. The molecule has 0 aliphatic carbocycles. The van der Waals surface area contributed by atoms with Gasteiger partial charge in [-0.25, -0.2) is 15.0 Å². The normalized spacial score (nSPS) is 11.6. The third kappa shape index (κ3) is 4.94. The van der Waals surface area contributed by atoms with Gasteiger partial charge in [-0.15, -0.1) is 0 Å². The maximum atomic E-state index is 13.1. The van der Waals surface area contributed by atoms with E-state index in [2.05, 4.69) is 19.9 Å². The van der Waals surface area contributed by atoms with Crippen LogP contribution in [0.5, 0.6) is 17.4 Å². The van der Waals surface area contributed by atoms with Crippen LogP contribution < -0.4 is 9.47 Å². The summed E-state index contributed by atoms with van der Waals surface area (Å²) in [4.78, 5) is 16.8. The minimum atomic E-state index is -4.57. The molecule has 0 radical (unpaired) electrons. The SMILES string of the molecule is Cc1cc(COc2ccn3c(-c4cncnc4)cnc3n2)ccc1Oc1ccc(Cl)c(C(F)(F)F)c1. The summed E-state index contributed by atoms with van der Waals surface area (Å²) in [6, 6.07) is 10.4. The van der Waals surface area contributed by atoms with Crippen molar-refractivity contribution < 1.29 is 22.6 Å². The van der Waals surface area contributed by atoms with E-state index in [0.29, 0.717) is 17.4 Å². The fraction of sp³-hybridized carbons (Fsp3) is 0.120. The molecule has 2 aromatic carbocycles. The molecule has 5 aromatic rings. The van der Waals surface area contributed by atoms with Crippen LogP contribution in [0.1, 0.15) is 16.7 Å². The molecule has 5 rings (SSSR count). The van der Waals surface area contributed by atoms with Crippen molar-refractivity contribution in [3.05, 3.63) is 95.3 Å². The summed E-state index contributed by atoms with van der Waals surface area (Å²) in [5, 5.41) is -0.383. The van der Waals surface area contributed by atoms with Gasteiger partial charge in [-0.05, 0) is 48.4 Å². The van der Waals surface area contributed by atoms with Crippen LogP contribution in [-0.4, -0.2) is 24.3 Å². The largest absolute Gasteiger partial charge is 0.473 e. The lowest BCUT2D eigenvalue weighted by molar-refractivity contribution is -0.137. The molecule has 0 aliphatic heterocycles. The number of rotatable bonds is 6. The lowest BCUT2D eigenvalue weighted by atomic mass is 10.1. The van der Waals surface area contributed by atoms with Crippen molar-refractivity contribution in [3.8, 4) is 28.6 Å². The summed E-state index contributed by atoms with van der Waals surface area (Å²) in [7, 11) is 0. The van der Waals surface area contributed by atoms with Crippen molar-refractivity contribution in [1.82, 2.24) is 24.3 Å². The van der Waals surface area contributed by atoms with Crippen LogP contribution in [-0.2, 0) is 12.8 Å². The number of hydrogen-bond acceptors (Lipinski definition) is 6. The molecular formula is C25H17ClF3N5O2. The van der Waals surface area contributed by atoms with E-state index in [1.54, 1.807) is 49.9 Å². The van der Waals surface area contributed by atoms with E-state index >= 15 is 0 Å². The van der Waals surface area contributed by atoms with Crippen LogP contribution >= 0.6 is 11.6 Å². The van der Waals surface area contributed by atoms with Crippen molar-refractivity contribution in [2.75, 3.05) is 0 Å². The lowest BCUT2D eigenvalue weighted by Crippen LogP contribution is -2.06. The molecule has 0 fully saturated rings. The molecule has 0 saturated carbocycles. The fourth-order valence-corrected chi connectivity index (χ4v) is 3.79. The van der Waals surface area contributed by atoms with E-state index in [4.69, 9.17) is 21.1 Å². The number of imidazole rings is 1. The maximum Gasteiger partial charge on any atom is 0.417 e. The summed E-state index contributed by atoms with van der Waals surface area (Å²) >= 11 is 5.68. The maximum absolute atomic E-state index is 13.1. The van der Waals surface area contributed by atoms with E-state index in [9.17, 15) is 13.2 Å². The fourth-order valence-electron chi connectivity index (χ4n) is 3.57. The van der Waals surface area contributed by atoms with Crippen molar-refractivity contribution in [2.45, 2.75) is 19.7 Å². The smallest absolute Gasteiger partial charge is 0.417 e. The van der Waals surface area contributed by atoms with Crippen LogP contribution in [0.25, 0.3) is 17.0 Å². The second-order valence-electron chi connectivity index (χ2n) is 7.84. The topological polar surface area (TPSA) is 74.4 Å². The van der Waals surface area contributed by atoms with Gasteiger partial charge >= 0.3 is 6.18 Å². The highest BCUT2D eigenvalue weighted by atomic mass is 35.5. The first-order valence-corrected chi connectivity index (χ1v) is 11.0. The Kier molecular flexibility index (Phi) is 6.19. The van der Waals surface area contributed by atoms with Gasteiger partial charge in [0.1, 0.15) is 24.4 Å². The van der Waals surface area contributed by atoms with Gasteiger partial charge in [0.25, 0.3) is 0 Å². The number of nitrogens with zero attached hydrogens (tertiary/aromatic N) is 5. The van der Waals surface area contributed by atoms with E-state index in [1.807, 2.05) is 10.5 Å². The van der Waals surface area contributed by atoms with Crippen LogP contribution in [0.2, 0.25) is 5.02 Å². The van der Waals surface area contributed by atoms with Gasteiger partial charge in [-0.1, -0.05) is 17.7 Å². The lowest BCUT2D eigenvalue weighted by Gasteiger charge is -2.14. The van der Waals surface area contributed by atoms with Crippen molar-refractivity contribution in [1.29, 1.82) is 0 Å². The van der Waals surface area contributed by atoms with Gasteiger partial charge in [0.05, 0.1) is 22.5 Å². The van der Waals surface area contributed by atoms with Gasteiger partial charge in [0, 0.05) is 30.2 Å². The van der Waals surface area contributed by atoms with Crippen molar-refractivity contribution in [3.63, 3.8) is 0 Å². The Morgan fingerprint density at radius 2 is 1.81 bits per heavy atom. The first kappa shape index (κ1) is 23.6. The van der Waals surface area contributed by atoms with Crippen LogP contribution in [0.4, 0.5) is 13.2 Å². The van der Waals surface area contributed by atoms with Gasteiger partial charge in [-0.2, -0.15) is 18.2 Å². The predicted octanol–water partition coefficient (Wildman–Crippen LogP) is 6.54. The van der Waals surface area contributed by atoms with E-state index < -0.39 is 11.7 Å². The minimum absolute atomic E-state index is 0.0393. The first-order chi connectivity index (χ1) is 17.3.